The minimum Gasteiger partial charge on any atom is -0.352 e. The molecule has 1 fully saturated rings. The van der Waals surface area contributed by atoms with Crippen molar-refractivity contribution in [2.24, 2.45) is 0 Å². The van der Waals surface area contributed by atoms with Crippen LogP contribution in [0.15, 0.2) is 42.5 Å². The summed E-state index contributed by atoms with van der Waals surface area (Å²) in [7, 11) is -3.74. The lowest BCUT2D eigenvalue weighted by Gasteiger charge is -2.22. The number of hydrogen-bond donors (Lipinski definition) is 1. The molecule has 1 aliphatic rings. The predicted molar refractivity (Wildman–Crippen MR) is 121 cm³/mol. The van der Waals surface area contributed by atoms with E-state index in [1.807, 2.05) is 24.3 Å². The van der Waals surface area contributed by atoms with Gasteiger partial charge in [-0.05, 0) is 36.1 Å². The molecule has 2 aromatic rings. The van der Waals surface area contributed by atoms with Gasteiger partial charge in [-0.3, -0.25) is 13.9 Å². The van der Waals surface area contributed by atoms with Crippen LogP contribution >= 0.6 is 0 Å². The number of likely N-dealkylation sites (tertiary alicyclic amines) is 1. The number of nitrogens with one attached hydrogen (secondary N) is 1. The number of anilines is 1. The zero-order valence-corrected chi connectivity index (χ0v) is 19.2. The Hall–Kier alpha value is -3.01. The highest BCUT2D eigenvalue weighted by atomic mass is 32.2. The molecule has 3 rings (SSSR count). The average molecular weight is 480 g/mol. The van der Waals surface area contributed by atoms with E-state index >= 15 is 0 Å². The van der Waals surface area contributed by atoms with Crippen molar-refractivity contribution in [3.8, 4) is 0 Å². The van der Waals surface area contributed by atoms with Gasteiger partial charge in [-0.15, -0.1) is 0 Å². The lowest BCUT2D eigenvalue weighted by Crippen LogP contribution is -2.32. The Morgan fingerprint density at radius 3 is 2.48 bits per heavy atom. The van der Waals surface area contributed by atoms with Crippen molar-refractivity contribution in [1.82, 2.24) is 10.2 Å². The number of rotatable bonds is 10. The number of hydrogen-bond acceptors (Lipinski definition) is 4. The molecule has 0 spiro atoms. The SMILES string of the molecule is CS(=O)(=O)N(CCCC(=O)NCc1ccccc1CN1CCCC1=O)c1ccc(F)c(F)c1. The van der Waals surface area contributed by atoms with Gasteiger partial charge in [0.15, 0.2) is 11.6 Å². The Labute approximate surface area is 192 Å². The van der Waals surface area contributed by atoms with Gasteiger partial charge in [0.2, 0.25) is 21.8 Å². The van der Waals surface area contributed by atoms with Crippen LogP contribution in [0.5, 0.6) is 0 Å². The summed E-state index contributed by atoms with van der Waals surface area (Å²) >= 11 is 0. The maximum absolute atomic E-state index is 13.5. The molecule has 10 heteroatoms. The lowest BCUT2D eigenvalue weighted by atomic mass is 10.1. The molecule has 7 nitrogen and oxygen atoms in total. The van der Waals surface area contributed by atoms with Crippen molar-refractivity contribution < 1.29 is 26.8 Å². The molecule has 1 aliphatic heterocycles. The summed E-state index contributed by atoms with van der Waals surface area (Å²) in [5.41, 5.74) is 1.88. The number of sulfonamides is 1. The molecule has 1 heterocycles. The fourth-order valence-corrected chi connectivity index (χ4v) is 4.71. The molecule has 0 saturated carbocycles. The smallest absolute Gasteiger partial charge is 0.232 e. The molecular weight excluding hydrogens is 452 g/mol. The van der Waals surface area contributed by atoms with Crippen molar-refractivity contribution in [3.05, 3.63) is 65.2 Å². The molecule has 0 aliphatic carbocycles. The highest BCUT2D eigenvalue weighted by Crippen LogP contribution is 2.21. The van der Waals surface area contributed by atoms with Crippen LogP contribution < -0.4 is 9.62 Å². The number of amides is 2. The van der Waals surface area contributed by atoms with Gasteiger partial charge in [0, 0.05) is 45.1 Å². The van der Waals surface area contributed by atoms with Crippen molar-refractivity contribution >= 4 is 27.5 Å². The second-order valence-electron chi connectivity index (χ2n) is 8.00. The number of carbonyl (C=O) groups is 2. The van der Waals surface area contributed by atoms with Crippen molar-refractivity contribution in [2.45, 2.75) is 38.8 Å². The zero-order valence-electron chi connectivity index (χ0n) is 18.4. The van der Waals surface area contributed by atoms with Crippen LogP contribution in [0.1, 0.15) is 36.8 Å². The van der Waals surface area contributed by atoms with Crippen molar-refractivity contribution in [3.63, 3.8) is 0 Å². The Morgan fingerprint density at radius 1 is 1.12 bits per heavy atom. The van der Waals surface area contributed by atoms with Crippen LogP contribution in [0.2, 0.25) is 0 Å². The van der Waals surface area contributed by atoms with Crippen molar-refractivity contribution in [1.29, 1.82) is 0 Å². The number of halogens is 2. The third kappa shape index (κ3) is 6.74. The van der Waals surface area contributed by atoms with Crippen LogP contribution in [0.25, 0.3) is 0 Å². The van der Waals surface area contributed by atoms with Gasteiger partial charge in [-0.2, -0.15) is 0 Å². The second-order valence-corrected chi connectivity index (χ2v) is 9.91. The molecule has 178 valence electrons. The molecule has 0 atom stereocenters. The third-order valence-electron chi connectivity index (χ3n) is 5.48. The monoisotopic (exact) mass is 479 g/mol. The fraction of sp³-hybridized carbons (Fsp3) is 0.391. The van der Waals surface area contributed by atoms with E-state index in [0.717, 1.165) is 46.8 Å². The van der Waals surface area contributed by atoms with Gasteiger partial charge in [-0.25, -0.2) is 17.2 Å². The van der Waals surface area contributed by atoms with Crippen LogP contribution in [0.4, 0.5) is 14.5 Å². The maximum atomic E-state index is 13.5. The Morgan fingerprint density at radius 2 is 1.85 bits per heavy atom. The largest absolute Gasteiger partial charge is 0.352 e. The zero-order chi connectivity index (χ0) is 24.0. The van der Waals surface area contributed by atoms with E-state index in [2.05, 4.69) is 5.32 Å². The van der Waals surface area contributed by atoms with E-state index in [9.17, 15) is 26.8 Å². The van der Waals surface area contributed by atoms with Crippen LogP contribution in [0, 0.1) is 11.6 Å². The molecular formula is C23H27F2N3O4S. The first-order chi connectivity index (χ1) is 15.6. The minimum atomic E-state index is -3.74. The molecule has 0 bridgehead atoms. The molecule has 2 amide bonds. The maximum Gasteiger partial charge on any atom is 0.232 e. The first-order valence-electron chi connectivity index (χ1n) is 10.7. The summed E-state index contributed by atoms with van der Waals surface area (Å²) in [6.45, 7) is 1.47. The molecule has 1 N–H and O–H groups in total. The first-order valence-corrected chi connectivity index (χ1v) is 12.5. The summed E-state index contributed by atoms with van der Waals surface area (Å²) in [4.78, 5) is 26.0. The predicted octanol–water partition coefficient (Wildman–Crippen LogP) is 2.95. The summed E-state index contributed by atoms with van der Waals surface area (Å²) in [5.74, 6) is -2.35. The quantitative estimate of drug-likeness (QED) is 0.568. The Bertz CT molecular complexity index is 1120. The van der Waals surface area contributed by atoms with E-state index in [-0.39, 0.29) is 43.4 Å². The van der Waals surface area contributed by atoms with Gasteiger partial charge in [0.05, 0.1) is 11.9 Å². The molecule has 33 heavy (non-hydrogen) atoms. The second kappa shape index (κ2) is 10.7. The van der Waals surface area contributed by atoms with Crippen LogP contribution in [0.3, 0.4) is 0 Å². The Kier molecular flexibility index (Phi) is 8.01. The van der Waals surface area contributed by atoms with E-state index in [4.69, 9.17) is 0 Å². The standard InChI is InChI=1S/C23H27F2N3O4S/c1-33(31,32)28(19-10-11-20(24)21(25)14-19)13-4-8-22(29)26-15-17-6-2-3-7-18(17)16-27-12-5-9-23(27)30/h2-3,6-7,10-11,14H,4-5,8-9,12-13,15-16H2,1H3,(H,26,29). The van der Waals surface area contributed by atoms with Gasteiger partial charge < -0.3 is 10.2 Å². The first kappa shape index (κ1) is 24.6. The average Bonchev–Trinajstić information content (AvgIpc) is 3.16. The molecule has 1 saturated heterocycles. The van der Waals surface area contributed by atoms with Gasteiger partial charge in [0.25, 0.3) is 0 Å². The summed E-state index contributed by atoms with van der Waals surface area (Å²) in [5, 5.41) is 2.82. The van der Waals surface area contributed by atoms with Crippen molar-refractivity contribution in [2.75, 3.05) is 23.7 Å². The summed E-state index contributed by atoms with van der Waals surface area (Å²) < 4.78 is 51.9. The summed E-state index contributed by atoms with van der Waals surface area (Å²) in [6.07, 6.45) is 2.64. The normalized spacial score (nSPS) is 13.9. The van der Waals surface area contributed by atoms with E-state index in [1.165, 1.54) is 6.07 Å². The van der Waals surface area contributed by atoms with Gasteiger partial charge >= 0.3 is 0 Å². The van der Waals surface area contributed by atoms with E-state index in [0.29, 0.717) is 13.0 Å². The number of carbonyl (C=O) groups excluding carboxylic acids is 2. The lowest BCUT2D eigenvalue weighted by molar-refractivity contribution is -0.128. The molecule has 0 unspecified atom stereocenters. The van der Waals surface area contributed by atoms with Crippen LogP contribution in [-0.4, -0.2) is 44.5 Å². The molecule has 0 aromatic heterocycles. The molecule has 2 aromatic carbocycles. The number of benzene rings is 2. The topological polar surface area (TPSA) is 86.8 Å². The van der Waals surface area contributed by atoms with Gasteiger partial charge in [0.1, 0.15) is 0 Å². The van der Waals surface area contributed by atoms with Crippen LogP contribution in [-0.2, 0) is 32.7 Å². The van der Waals surface area contributed by atoms with E-state index < -0.39 is 21.7 Å². The third-order valence-corrected chi connectivity index (χ3v) is 6.68. The summed E-state index contributed by atoms with van der Waals surface area (Å²) in [6, 6.07) is 10.4. The minimum absolute atomic E-state index is 0.00203. The fourth-order valence-electron chi connectivity index (χ4n) is 3.75. The molecule has 0 radical (unpaired) electrons. The highest BCUT2D eigenvalue weighted by molar-refractivity contribution is 7.92. The number of nitrogens with zero attached hydrogens (tertiary/aromatic N) is 2. The van der Waals surface area contributed by atoms with Gasteiger partial charge in [-0.1, -0.05) is 24.3 Å². The van der Waals surface area contributed by atoms with E-state index in [1.54, 1.807) is 4.90 Å². The Balaban J connectivity index is 1.54. The highest BCUT2D eigenvalue weighted by Gasteiger charge is 2.21.